The van der Waals surface area contributed by atoms with Crippen LogP contribution < -0.4 is 5.32 Å². The van der Waals surface area contributed by atoms with Crippen LogP contribution in [0.4, 0.5) is 0 Å². The number of allylic oxidation sites excluding steroid dienone is 4. The topological polar surface area (TPSA) is 65.0 Å². The van der Waals surface area contributed by atoms with Crippen LogP contribution in [0.3, 0.4) is 0 Å². The first-order valence-electron chi connectivity index (χ1n) is 15.2. The van der Waals surface area contributed by atoms with Crippen LogP contribution in [-0.4, -0.2) is 40.4 Å². The van der Waals surface area contributed by atoms with E-state index in [1.54, 1.807) is 5.01 Å². The van der Waals surface area contributed by atoms with Crippen LogP contribution in [0.15, 0.2) is 94.7 Å². The lowest BCUT2D eigenvalue weighted by atomic mass is 9.84. The average molecular weight is 555 g/mol. The first-order valence-corrected chi connectivity index (χ1v) is 15.2. The van der Waals surface area contributed by atoms with Gasteiger partial charge in [-0.3, -0.25) is 9.59 Å². The third-order valence-corrected chi connectivity index (χ3v) is 8.97. The molecule has 41 heavy (non-hydrogen) atoms. The van der Waals surface area contributed by atoms with Gasteiger partial charge in [-0.1, -0.05) is 89.6 Å². The van der Waals surface area contributed by atoms with Crippen LogP contribution in [0, 0.1) is 17.8 Å². The fourth-order valence-corrected chi connectivity index (χ4v) is 6.03. The predicted molar refractivity (Wildman–Crippen MR) is 168 cm³/mol. The van der Waals surface area contributed by atoms with Gasteiger partial charge in [-0.15, -0.1) is 0 Å². The van der Waals surface area contributed by atoms with Gasteiger partial charge in [0.25, 0.3) is 5.91 Å². The normalized spacial score (nSPS) is 21.6. The first kappa shape index (κ1) is 30.3. The molecule has 1 aliphatic carbocycles. The lowest BCUT2D eigenvalue weighted by Gasteiger charge is -2.34. The second-order valence-corrected chi connectivity index (χ2v) is 11.7. The van der Waals surface area contributed by atoms with Crippen LogP contribution >= 0.6 is 0 Å². The number of hydrogen-bond acceptors (Lipinski definition) is 5. The van der Waals surface area contributed by atoms with E-state index in [1.807, 2.05) is 62.3 Å². The van der Waals surface area contributed by atoms with E-state index in [4.69, 9.17) is 5.10 Å². The SMILES string of the molecule is C=C1C=C(NC(=O)C2=C(C(=O)C(C)C3CCCC3)C=CC(CC)N2C)C(C)=CN1N=C(c1ccccc1)C(C)CC. The van der Waals surface area contributed by atoms with Crippen molar-refractivity contribution in [2.75, 3.05) is 7.05 Å². The van der Waals surface area contributed by atoms with Gasteiger partial charge in [0.2, 0.25) is 0 Å². The molecule has 3 aliphatic rings. The molecule has 1 saturated carbocycles. The number of nitrogens with zero attached hydrogens (tertiary/aromatic N) is 3. The Hall–Kier alpha value is -3.67. The summed E-state index contributed by atoms with van der Waals surface area (Å²) in [7, 11) is 1.91. The molecule has 6 heteroatoms. The minimum absolute atomic E-state index is 0.0582. The van der Waals surface area contributed by atoms with Gasteiger partial charge in [0.1, 0.15) is 5.70 Å². The number of hydrogen-bond donors (Lipinski definition) is 1. The molecule has 1 N–H and O–H groups in total. The molecule has 0 radical (unpaired) electrons. The zero-order valence-corrected chi connectivity index (χ0v) is 25.6. The Morgan fingerprint density at radius 2 is 1.80 bits per heavy atom. The maximum Gasteiger partial charge on any atom is 0.272 e. The van der Waals surface area contributed by atoms with Gasteiger partial charge in [-0.25, -0.2) is 5.01 Å². The molecule has 6 nitrogen and oxygen atoms in total. The smallest absolute Gasteiger partial charge is 0.272 e. The second-order valence-electron chi connectivity index (χ2n) is 11.7. The lowest BCUT2D eigenvalue weighted by molar-refractivity contribution is -0.122. The van der Waals surface area contributed by atoms with E-state index in [9.17, 15) is 9.59 Å². The number of ketones is 1. The summed E-state index contributed by atoms with van der Waals surface area (Å²) in [6, 6.07) is 10.3. The molecule has 0 spiro atoms. The Morgan fingerprint density at radius 3 is 2.44 bits per heavy atom. The summed E-state index contributed by atoms with van der Waals surface area (Å²) < 4.78 is 0. The van der Waals surface area contributed by atoms with Crippen molar-refractivity contribution in [3.63, 3.8) is 0 Å². The summed E-state index contributed by atoms with van der Waals surface area (Å²) in [6.07, 6.45) is 14.0. The molecule has 3 unspecified atom stereocenters. The number of rotatable bonds is 10. The zero-order valence-electron chi connectivity index (χ0n) is 25.6. The lowest BCUT2D eigenvalue weighted by Crippen LogP contribution is -2.42. The molecular weight excluding hydrogens is 508 g/mol. The largest absolute Gasteiger partial charge is 0.363 e. The third-order valence-electron chi connectivity index (χ3n) is 8.97. The Morgan fingerprint density at radius 1 is 1.12 bits per heavy atom. The van der Waals surface area contributed by atoms with Crippen molar-refractivity contribution in [3.05, 3.63) is 95.1 Å². The van der Waals surface area contributed by atoms with E-state index in [1.165, 1.54) is 12.8 Å². The highest BCUT2D eigenvalue weighted by atomic mass is 16.2. The monoisotopic (exact) mass is 554 g/mol. The Labute approximate surface area is 246 Å². The fraction of sp³-hybridized carbons (Fsp3) is 0.457. The highest BCUT2D eigenvalue weighted by Crippen LogP contribution is 2.35. The molecule has 1 aromatic rings. The van der Waals surface area contributed by atoms with Crippen LogP contribution in [-0.2, 0) is 9.59 Å². The van der Waals surface area contributed by atoms with E-state index >= 15 is 0 Å². The molecule has 3 atom stereocenters. The van der Waals surface area contributed by atoms with Crippen molar-refractivity contribution in [3.8, 4) is 0 Å². The molecule has 2 heterocycles. The number of carbonyl (C=O) groups excluding carboxylic acids is 2. The van der Waals surface area contributed by atoms with Gasteiger partial charge in [0.05, 0.1) is 11.4 Å². The summed E-state index contributed by atoms with van der Waals surface area (Å²) in [5.41, 5.74) is 5.21. The van der Waals surface area contributed by atoms with Crippen molar-refractivity contribution in [2.45, 2.75) is 79.2 Å². The minimum atomic E-state index is -0.273. The Bertz CT molecular complexity index is 1310. The quantitative estimate of drug-likeness (QED) is 0.313. The van der Waals surface area contributed by atoms with E-state index in [2.05, 4.69) is 50.9 Å². The molecule has 1 aromatic carbocycles. The maximum atomic E-state index is 13.9. The standard InChI is InChI=1S/C35H46N4O2/c1-8-23(3)32(28-17-11-10-12-18-28)37-39-22-24(4)31(21-25(39)5)36-35(41)33-30(20-19-29(9-2)38(33)7)34(40)26(6)27-15-13-14-16-27/h10-12,17-23,26-27,29H,5,8-9,13-16H2,1-4,6-7H3,(H,36,41). The molecular formula is C35H46N4O2. The Kier molecular flexibility index (Phi) is 9.85. The van der Waals surface area contributed by atoms with Gasteiger partial charge in [0, 0.05) is 42.4 Å². The number of amides is 1. The van der Waals surface area contributed by atoms with Crippen LogP contribution in [0.1, 0.15) is 78.7 Å². The highest BCUT2D eigenvalue weighted by Gasteiger charge is 2.34. The minimum Gasteiger partial charge on any atom is -0.363 e. The van der Waals surface area contributed by atoms with Gasteiger partial charge < -0.3 is 10.2 Å². The van der Waals surface area contributed by atoms with Crippen molar-refractivity contribution in [1.82, 2.24) is 15.2 Å². The van der Waals surface area contributed by atoms with Gasteiger partial charge in [-0.2, -0.15) is 5.10 Å². The van der Waals surface area contributed by atoms with Crippen LogP contribution in [0.5, 0.6) is 0 Å². The van der Waals surface area contributed by atoms with Crippen LogP contribution in [0.25, 0.3) is 0 Å². The summed E-state index contributed by atoms with van der Waals surface area (Å²) in [5, 5.41) is 9.88. The van der Waals surface area contributed by atoms with E-state index in [-0.39, 0.29) is 29.6 Å². The highest BCUT2D eigenvalue weighted by molar-refractivity contribution is 6.09. The summed E-state index contributed by atoms with van der Waals surface area (Å²) in [5.74, 6) is 0.343. The first-order chi connectivity index (χ1) is 19.7. The number of Topliss-reactive ketones (excluding diaryl/α,β-unsaturated/α-hetero) is 1. The predicted octanol–water partition coefficient (Wildman–Crippen LogP) is 7.10. The number of nitrogens with one attached hydrogen (secondary N) is 1. The second kappa shape index (κ2) is 13.3. The maximum absolute atomic E-state index is 13.9. The van der Waals surface area contributed by atoms with E-state index in [0.717, 1.165) is 42.5 Å². The zero-order chi connectivity index (χ0) is 29.7. The fourth-order valence-electron chi connectivity index (χ4n) is 6.03. The molecule has 2 aliphatic heterocycles. The number of carbonyl (C=O) groups is 2. The van der Waals surface area contributed by atoms with Crippen molar-refractivity contribution in [1.29, 1.82) is 0 Å². The Balaban J connectivity index is 1.60. The van der Waals surface area contributed by atoms with E-state index in [0.29, 0.717) is 28.6 Å². The number of benzene rings is 1. The van der Waals surface area contributed by atoms with E-state index < -0.39 is 0 Å². The van der Waals surface area contributed by atoms with Crippen molar-refractivity contribution < 1.29 is 9.59 Å². The van der Waals surface area contributed by atoms with Gasteiger partial charge in [-0.05, 0) is 55.7 Å². The summed E-state index contributed by atoms with van der Waals surface area (Å²) in [4.78, 5) is 29.6. The molecule has 1 fully saturated rings. The molecule has 0 saturated heterocycles. The van der Waals surface area contributed by atoms with Gasteiger partial charge >= 0.3 is 0 Å². The molecule has 218 valence electrons. The molecule has 0 aromatic heterocycles. The third kappa shape index (κ3) is 6.64. The molecule has 0 bridgehead atoms. The van der Waals surface area contributed by atoms with Gasteiger partial charge in [0.15, 0.2) is 5.78 Å². The van der Waals surface area contributed by atoms with Crippen LogP contribution in [0.2, 0.25) is 0 Å². The summed E-state index contributed by atoms with van der Waals surface area (Å²) in [6.45, 7) is 14.6. The van der Waals surface area contributed by atoms with Crippen molar-refractivity contribution >= 4 is 17.4 Å². The number of hydrazone groups is 1. The number of likely N-dealkylation sites (N-methyl/N-ethyl adjacent to an activating group) is 1. The summed E-state index contributed by atoms with van der Waals surface area (Å²) >= 11 is 0. The molecule has 1 amide bonds. The van der Waals surface area contributed by atoms with Crippen molar-refractivity contribution in [2.24, 2.45) is 22.9 Å². The molecule has 4 rings (SSSR count). The average Bonchev–Trinajstić information content (AvgIpc) is 3.52.